The van der Waals surface area contributed by atoms with Gasteiger partial charge in [0.05, 0.1) is 15.6 Å². The van der Waals surface area contributed by atoms with Crippen LogP contribution in [0.5, 0.6) is 5.75 Å². The van der Waals surface area contributed by atoms with E-state index in [1.165, 1.54) is 36.4 Å². The second-order valence-electron chi connectivity index (χ2n) is 4.39. The zero-order chi connectivity index (χ0) is 16.3. The smallest absolute Gasteiger partial charge is 0.416 e. The predicted octanol–water partition coefficient (Wildman–Crippen LogP) is 4.75. The molecule has 0 saturated carbocycles. The minimum Gasteiger partial charge on any atom is -0.488 e. The second-order valence-corrected chi connectivity index (χ2v) is 5.25. The lowest BCUT2D eigenvalue weighted by molar-refractivity contribution is -0.138. The van der Waals surface area contributed by atoms with Crippen molar-refractivity contribution < 1.29 is 27.8 Å². The molecule has 0 aromatic heterocycles. The Morgan fingerprint density at radius 3 is 2.50 bits per heavy atom. The summed E-state index contributed by atoms with van der Waals surface area (Å²) in [5, 5.41) is 8.92. The maximum atomic E-state index is 12.9. The highest BCUT2D eigenvalue weighted by Crippen LogP contribution is 2.33. The monoisotopic (exact) mass is 374 g/mol. The van der Waals surface area contributed by atoms with Crippen molar-refractivity contribution in [1.82, 2.24) is 0 Å². The Hall–Kier alpha value is -2.02. The first-order chi connectivity index (χ1) is 10.3. The highest BCUT2D eigenvalue weighted by molar-refractivity contribution is 9.10. The van der Waals surface area contributed by atoms with Crippen molar-refractivity contribution in [1.29, 1.82) is 0 Å². The van der Waals surface area contributed by atoms with Crippen molar-refractivity contribution in [3.8, 4) is 5.75 Å². The largest absolute Gasteiger partial charge is 0.488 e. The van der Waals surface area contributed by atoms with Crippen molar-refractivity contribution in [3.05, 3.63) is 63.6 Å². The number of carbonyl (C=O) groups is 1. The van der Waals surface area contributed by atoms with Gasteiger partial charge in [-0.1, -0.05) is 18.2 Å². The molecule has 0 amide bonds. The van der Waals surface area contributed by atoms with Crippen LogP contribution in [0.1, 0.15) is 21.5 Å². The Morgan fingerprint density at radius 2 is 1.86 bits per heavy atom. The standard InChI is InChI=1S/C15H10BrF3O3/c16-12-6-5-9(14(20)21)7-13(12)22-8-10-3-1-2-4-11(10)15(17,18)19/h1-7H,8H2,(H,20,21). The van der Waals surface area contributed by atoms with E-state index in [9.17, 15) is 18.0 Å². The van der Waals surface area contributed by atoms with Gasteiger partial charge in [0.1, 0.15) is 12.4 Å². The third kappa shape index (κ3) is 3.79. The van der Waals surface area contributed by atoms with Crippen LogP contribution in [0.15, 0.2) is 46.9 Å². The molecule has 2 aromatic carbocycles. The van der Waals surface area contributed by atoms with Crippen molar-refractivity contribution in [3.63, 3.8) is 0 Å². The Morgan fingerprint density at radius 1 is 1.18 bits per heavy atom. The van der Waals surface area contributed by atoms with Crippen LogP contribution < -0.4 is 4.74 Å². The summed E-state index contributed by atoms with van der Waals surface area (Å²) in [5.74, 6) is -0.982. The molecule has 0 heterocycles. The van der Waals surface area contributed by atoms with Gasteiger partial charge in [-0.25, -0.2) is 4.79 Å². The van der Waals surface area contributed by atoms with Gasteiger partial charge in [-0.3, -0.25) is 0 Å². The first kappa shape index (κ1) is 16.4. The predicted molar refractivity (Wildman–Crippen MR) is 76.9 cm³/mol. The first-order valence-electron chi connectivity index (χ1n) is 6.10. The minimum absolute atomic E-state index is 0.0118. The number of ether oxygens (including phenoxy) is 1. The molecule has 22 heavy (non-hydrogen) atoms. The quantitative estimate of drug-likeness (QED) is 0.840. The van der Waals surface area contributed by atoms with Crippen molar-refractivity contribution in [2.24, 2.45) is 0 Å². The van der Waals surface area contributed by atoms with Crippen molar-refractivity contribution in [2.75, 3.05) is 0 Å². The number of hydrogen-bond donors (Lipinski definition) is 1. The average Bonchev–Trinajstić information content (AvgIpc) is 2.45. The lowest BCUT2D eigenvalue weighted by Gasteiger charge is -2.14. The van der Waals surface area contributed by atoms with Gasteiger partial charge >= 0.3 is 12.1 Å². The minimum atomic E-state index is -4.47. The zero-order valence-corrected chi connectivity index (χ0v) is 12.6. The Labute approximate surface area is 132 Å². The summed E-state index contributed by atoms with van der Waals surface area (Å²) in [5.41, 5.74) is -0.814. The zero-order valence-electron chi connectivity index (χ0n) is 11.0. The van der Waals surface area contributed by atoms with E-state index < -0.39 is 17.7 Å². The van der Waals surface area contributed by atoms with E-state index >= 15 is 0 Å². The molecule has 0 saturated heterocycles. The number of alkyl halides is 3. The van der Waals surface area contributed by atoms with Crippen LogP contribution in [0.4, 0.5) is 13.2 Å². The fourth-order valence-corrected chi connectivity index (χ4v) is 2.19. The van der Waals surface area contributed by atoms with Crippen LogP contribution in [0.3, 0.4) is 0 Å². The van der Waals surface area contributed by atoms with E-state index in [0.29, 0.717) is 4.47 Å². The van der Waals surface area contributed by atoms with Crippen LogP contribution in [0, 0.1) is 0 Å². The van der Waals surface area contributed by atoms with Crippen LogP contribution >= 0.6 is 15.9 Å². The van der Waals surface area contributed by atoms with E-state index in [0.717, 1.165) is 6.07 Å². The molecule has 0 aliphatic rings. The van der Waals surface area contributed by atoms with Crippen LogP contribution in [-0.2, 0) is 12.8 Å². The summed E-state index contributed by atoms with van der Waals surface area (Å²) in [6, 6.07) is 9.16. The fourth-order valence-electron chi connectivity index (χ4n) is 1.83. The fraction of sp³-hybridized carbons (Fsp3) is 0.133. The maximum Gasteiger partial charge on any atom is 0.416 e. The van der Waals surface area contributed by atoms with E-state index in [1.807, 2.05) is 0 Å². The number of carboxylic acid groups (broad SMARTS) is 1. The average molecular weight is 375 g/mol. The molecule has 1 N–H and O–H groups in total. The van der Waals surface area contributed by atoms with Gasteiger partial charge in [0.2, 0.25) is 0 Å². The van der Waals surface area contributed by atoms with E-state index in [4.69, 9.17) is 9.84 Å². The molecule has 116 valence electrons. The molecule has 0 radical (unpaired) electrons. The summed E-state index contributed by atoms with van der Waals surface area (Å²) in [4.78, 5) is 10.9. The van der Waals surface area contributed by atoms with Crippen LogP contribution in [0.2, 0.25) is 0 Å². The number of benzene rings is 2. The summed E-state index contributed by atoms with van der Waals surface area (Å²) < 4.78 is 44.4. The lowest BCUT2D eigenvalue weighted by atomic mass is 10.1. The summed E-state index contributed by atoms with van der Waals surface area (Å²) in [6.07, 6.45) is -4.47. The third-order valence-electron chi connectivity index (χ3n) is 2.88. The molecule has 0 atom stereocenters. The van der Waals surface area contributed by atoms with Crippen LogP contribution in [-0.4, -0.2) is 11.1 Å². The molecule has 0 fully saturated rings. The summed E-state index contributed by atoms with van der Waals surface area (Å²) in [7, 11) is 0. The lowest BCUT2D eigenvalue weighted by Crippen LogP contribution is -2.11. The molecule has 3 nitrogen and oxygen atoms in total. The summed E-state index contributed by atoms with van der Waals surface area (Å²) >= 11 is 3.17. The van der Waals surface area contributed by atoms with Crippen LogP contribution in [0.25, 0.3) is 0 Å². The normalized spacial score (nSPS) is 11.3. The third-order valence-corrected chi connectivity index (χ3v) is 3.54. The molecule has 7 heteroatoms. The van der Waals surface area contributed by atoms with Gasteiger partial charge in [-0.05, 0) is 40.2 Å². The van der Waals surface area contributed by atoms with Gasteiger partial charge in [0.15, 0.2) is 0 Å². The highest BCUT2D eigenvalue weighted by Gasteiger charge is 2.33. The van der Waals surface area contributed by atoms with Gasteiger partial charge in [-0.2, -0.15) is 13.2 Å². The van der Waals surface area contributed by atoms with E-state index in [1.54, 1.807) is 0 Å². The Balaban J connectivity index is 2.24. The molecular weight excluding hydrogens is 365 g/mol. The molecule has 0 unspecified atom stereocenters. The number of rotatable bonds is 4. The maximum absolute atomic E-state index is 12.9. The molecule has 0 aliphatic heterocycles. The number of halogens is 4. The van der Waals surface area contributed by atoms with Crippen molar-refractivity contribution in [2.45, 2.75) is 12.8 Å². The first-order valence-corrected chi connectivity index (χ1v) is 6.89. The SMILES string of the molecule is O=C(O)c1ccc(Br)c(OCc2ccccc2C(F)(F)F)c1. The number of hydrogen-bond acceptors (Lipinski definition) is 2. The Bertz CT molecular complexity index is 699. The molecule has 0 bridgehead atoms. The molecule has 2 rings (SSSR count). The van der Waals surface area contributed by atoms with Gasteiger partial charge in [0.25, 0.3) is 0 Å². The molecule has 0 spiro atoms. The summed E-state index contributed by atoms with van der Waals surface area (Å²) in [6.45, 7) is -0.322. The number of aromatic carboxylic acids is 1. The van der Waals surface area contributed by atoms with E-state index in [-0.39, 0.29) is 23.5 Å². The van der Waals surface area contributed by atoms with Gasteiger partial charge < -0.3 is 9.84 Å². The van der Waals surface area contributed by atoms with Gasteiger partial charge in [0, 0.05) is 5.56 Å². The molecular formula is C15H10BrF3O3. The topological polar surface area (TPSA) is 46.5 Å². The molecule has 2 aromatic rings. The Kier molecular flexibility index (Phi) is 4.75. The van der Waals surface area contributed by atoms with E-state index in [2.05, 4.69) is 15.9 Å². The van der Waals surface area contributed by atoms with Gasteiger partial charge in [-0.15, -0.1) is 0 Å². The second kappa shape index (κ2) is 6.39. The molecule has 0 aliphatic carbocycles. The number of carboxylic acids is 1. The highest BCUT2D eigenvalue weighted by atomic mass is 79.9. The van der Waals surface area contributed by atoms with Crippen molar-refractivity contribution >= 4 is 21.9 Å².